The third-order valence-electron chi connectivity index (χ3n) is 0.964. The molecule has 0 saturated heterocycles. The van der Waals surface area contributed by atoms with E-state index in [-0.39, 0.29) is 5.92 Å². The van der Waals surface area contributed by atoms with Gasteiger partial charge in [-0.2, -0.15) is 0 Å². The van der Waals surface area contributed by atoms with Gasteiger partial charge in [-0.3, -0.25) is 4.99 Å². The molecule has 1 rings (SSSR count). The normalized spacial score (nSPS) is 31.0. The van der Waals surface area contributed by atoms with E-state index in [9.17, 15) is 0 Å². The lowest BCUT2D eigenvalue weighted by Gasteiger charge is -1.92. The molecule has 9 heavy (non-hydrogen) atoms. The lowest BCUT2D eigenvalue weighted by Crippen LogP contribution is -1.94. The van der Waals surface area contributed by atoms with Gasteiger partial charge in [-0.15, -0.1) is 0 Å². The smallest absolute Gasteiger partial charge is 0.0747 e. The van der Waals surface area contributed by atoms with Crippen LogP contribution in [0.5, 0.6) is 0 Å². The van der Waals surface area contributed by atoms with Gasteiger partial charge in [0.2, 0.25) is 0 Å². The highest BCUT2D eigenvalue weighted by Gasteiger charge is 1.88. The summed E-state index contributed by atoms with van der Waals surface area (Å²) in [6.07, 6.45) is 3.55. The maximum atomic E-state index is 4.04. The van der Waals surface area contributed by atoms with Crippen LogP contribution in [-0.2, 0) is 0 Å². The summed E-state index contributed by atoms with van der Waals surface area (Å²) in [4.78, 5) is 7.82. The Labute approximate surface area is 54.7 Å². The Morgan fingerprint density at radius 2 is 2.56 bits per heavy atom. The van der Waals surface area contributed by atoms with Gasteiger partial charge in [-0.05, 0) is 6.92 Å². The maximum Gasteiger partial charge on any atom is 0.0747 e. The van der Waals surface area contributed by atoms with Gasteiger partial charge in [0.15, 0.2) is 0 Å². The van der Waals surface area contributed by atoms with Gasteiger partial charge in [0, 0.05) is 18.5 Å². The second-order valence-electron chi connectivity index (χ2n) is 1.87. The zero-order valence-electron chi connectivity index (χ0n) is 5.33. The predicted octanol–water partition coefficient (Wildman–Crippen LogP) is 0.739. The van der Waals surface area contributed by atoms with E-state index in [1.165, 1.54) is 0 Å². The molecule has 0 radical (unpaired) electrons. The summed E-state index contributed by atoms with van der Waals surface area (Å²) in [6.45, 7) is 2.66. The molecule has 0 fully saturated rings. The zero-order valence-corrected chi connectivity index (χ0v) is 5.33. The molecule has 1 heterocycles. The standard InChI is InChI=1S/C7H8N2/c1-7-2-3-8-4-5-9-6-7/h4,6-7H,5H2,1H3/b8-4-,9-6-. The van der Waals surface area contributed by atoms with Crippen LogP contribution >= 0.6 is 0 Å². The molecule has 0 spiro atoms. The van der Waals surface area contributed by atoms with Crippen LogP contribution in [0, 0.1) is 17.9 Å². The SMILES string of the molecule is CC1C#C/N=C\C/N=C\1. The molecule has 2 heteroatoms. The Balaban J connectivity index is 2.69. The minimum absolute atomic E-state index is 0.252. The summed E-state index contributed by atoms with van der Waals surface area (Å²) >= 11 is 0. The van der Waals surface area contributed by atoms with Crippen LogP contribution in [0.3, 0.4) is 0 Å². The molecular formula is C7H8N2. The Bertz CT molecular complexity index is 193. The van der Waals surface area contributed by atoms with Crippen molar-refractivity contribution in [1.82, 2.24) is 0 Å². The zero-order chi connectivity index (χ0) is 6.53. The first kappa shape index (κ1) is 6.03. The summed E-state index contributed by atoms with van der Waals surface area (Å²) in [6, 6.07) is 2.67. The second-order valence-corrected chi connectivity index (χ2v) is 1.87. The molecule has 2 nitrogen and oxygen atoms in total. The van der Waals surface area contributed by atoms with Crippen LogP contribution in [0.1, 0.15) is 6.92 Å². The van der Waals surface area contributed by atoms with Crippen LogP contribution in [-0.4, -0.2) is 19.0 Å². The molecule has 0 N–H and O–H groups in total. The Morgan fingerprint density at radius 3 is 3.44 bits per heavy atom. The van der Waals surface area contributed by atoms with Crippen molar-refractivity contribution in [2.45, 2.75) is 6.92 Å². The quantitative estimate of drug-likeness (QED) is 0.421. The second kappa shape index (κ2) is 3.03. The third kappa shape index (κ3) is 2.09. The van der Waals surface area contributed by atoms with Gasteiger partial charge >= 0.3 is 0 Å². The molecule has 46 valence electrons. The fraction of sp³-hybridized carbons (Fsp3) is 0.429. The van der Waals surface area contributed by atoms with Gasteiger partial charge < -0.3 is 0 Å². The average Bonchev–Trinajstić information content (AvgIpc) is 1.79. The molecule has 1 aliphatic heterocycles. The van der Waals surface area contributed by atoms with Crippen LogP contribution in [0.25, 0.3) is 0 Å². The van der Waals surface area contributed by atoms with E-state index in [4.69, 9.17) is 0 Å². The van der Waals surface area contributed by atoms with Crippen molar-refractivity contribution in [2.75, 3.05) is 6.54 Å². The van der Waals surface area contributed by atoms with E-state index in [1.54, 1.807) is 6.21 Å². The van der Waals surface area contributed by atoms with Gasteiger partial charge in [0.1, 0.15) is 0 Å². The van der Waals surface area contributed by atoms with E-state index in [2.05, 4.69) is 21.9 Å². The van der Waals surface area contributed by atoms with E-state index >= 15 is 0 Å². The molecule has 0 saturated carbocycles. The number of hydrogen-bond acceptors (Lipinski definition) is 2. The van der Waals surface area contributed by atoms with E-state index in [0.717, 1.165) is 0 Å². The van der Waals surface area contributed by atoms with E-state index in [1.807, 2.05) is 13.1 Å². The third-order valence-corrected chi connectivity index (χ3v) is 0.964. The molecule has 0 amide bonds. The molecular weight excluding hydrogens is 112 g/mol. The average molecular weight is 120 g/mol. The largest absolute Gasteiger partial charge is 0.290 e. The molecule has 1 aliphatic rings. The lowest BCUT2D eigenvalue weighted by molar-refractivity contribution is 1.05. The van der Waals surface area contributed by atoms with Crippen LogP contribution < -0.4 is 0 Å². The first-order valence-corrected chi connectivity index (χ1v) is 2.91. The highest BCUT2D eigenvalue weighted by molar-refractivity contribution is 5.70. The first-order valence-electron chi connectivity index (χ1n) is 2.91. The summed E-state index contributed by atoms with van der Waals surface area (Å²) < 4.78 is 0. The molecule has 0 bridgehead atoms. The van der Waals surface area contributed by atoms with Gasteiger partial charge in [-0.25, -0.2) is 4.99 Å². The van der Waals surface area contributed by atoms with Crippen LogP contribution in [0.2, 0.25) is 0 Å². The van der Waals surface area contributed by atoms with Gasteiger partial charge in [0.05, 0.1) is 12.5 Å². The highest BCUT2D eigenvalue weighted by atomic mass is 14.8. The van der Waals surface area contributed by atoms with Crippen LogP contribution in [0.4, 0.5) is 0 Å². The van der Waals surface area contributed by atoms with Crippen molar-refractivity contribution in [3.8, 4) is 12.0 Å². The van der Waals surface area contributed by atoms with Gasteiger partial charge in [0.25, 0.3) is 0 Å². The molecule has 0 aromatic heterocycles. The molecule has 1 unspecified atom stereocenters. The van der Waals surface area contributed by atoms with Crippen LogP contribution in [0.15, 0.2) is 9.98 Å². The highest BCUT2D eigenvalue weighted by Crippen LogP contribution is 1.87. The van der Waals surface area contributed by atoms with Crippen molar-refractivity contribution in [1.29, 1.82) is 0 Å². The Morgan fingerprint density at radius 1 is 1.67 bits per heavy atom. The monoisotopic (exact) mass is 120 g/mol. The molecule has 0 aromatic carbocycles. The fourth-order valence-corrected chi connectivity index (χ4v) is 0.529. The summed E-state index contributed by atoms with van der Waals surface area (Å²) in [5.41, 5.74) is 0. The topological polar surface area (TPSA) is 24.7 Å². The molecule has 1 atom stereocenters. The Hall–Kier alpha value is -1.10. The number of rotatable bonds is 0. The summed E-state index contributed by atoms with van der Waals surface area (Å²) in [5.74, 6) is 3.14. The van der Waals surface area contributed by atoms with Crippen molar-refractivity contribution < 1.29 is 0 Å². The van der Waals surface area contributed by atoms with E-state index < -0.39 is 0 Å². The van der Waals surface area contributed by atoms with Crippen molar-refractivity contribution >= 4 is 12.4 Å². The minimum Gasteiger partial charge on any atom is -0.290 e. The van der Waals surface area contributed by atoms with E-state index in [0.29, 0.717) is 6.54 Å². The maximum absolute atomic E-state index is 4.04. The van der Waals surface area contributed by atoms with Crippen molar-refractivity contribution in [3.63, 3.8) is 0 Å². The van der Waals surface area contributed by atoms with Crippen molar-refractivity contribution in [2.24, 2.45) is 15.9 Å². The Kier molecular flexibility index (Phi) is 2.03. The summed E-state index contributed by atoms with van der Waals surface area (Å²) in [7, 11) is 0. The number of nitrogens with zero attached hydrogens (tertiary/aromatic N) is 2. The van der Waals surface area contributed by atoms with Gasteiger partial charge in [-0.1, -0.05) is 5.92 Å². The molecule has 0 aromatic rings. The predicted molar refractivity (Wildman–Crippen MR) is 38.8 cm³/mol. The first-order chi connectivity index (χ1) is 4.39. The molecule has 0 aliphatic carbocycles. The number of aliphatic imine (C=N–C) groups is 2. The van der Waals surface area contributed by atoms with Crippen molar-refractivity contribution in [3.05, 3.63) is 0 Å². The summed E-state index contributed by atoms with van der Waals surface area (Å²) in [5, 5.41) is 0. The fourth-order valence-electron chi connectivity index (χ4n) is 0.529. The minimum atomic E-state index is 0.252. The lowest BCUT2D eigenvalue weighted by atomic mass is 10.2. The number of hydrogen-bond donors (Lipinski definition) is 0.